The summed E-state index contributed by atoms with van der Waals surface area (Å²) in [6.45, 7) is 0. The summed E-state index contributed by atoms with van der Waals surface area (Å²) < 4.78 is 6.50. The topological polar surface area (TPSA) is 16.4 Å². The summed E-state index contributed by atoms with van der Waals surface area (Å²) in [4.78, 5) is 2.44. The highest BCUT2D eigenvalue weighted by Crippen LogP contribution is 2.44. The van der Waals surface area contributed by atoms with Gasteiger partial charge in [0.1, 0.15) is 11.2 Å². The number of furan rings is 1. The van der Waals surface area contributed by atoms with Crippen LogP contribution in [0.25, 0.3) is 54.6 Å². The fourth-order valence-corrected chi connectivity index (χ4v) is 14.2. The number of anilines is 3. The van der Waals surface area contributed by atoms with Gasteiger partial charge in [-0.3, -0.25) is 0 Å². The van der Waals surface area contributed by atoms with Gasteiger partial charge in [-0.05, 0) is 84.4 Å². The molecule has 53 heavy (non-hydrogen) atoms. The van der Waals surface area contributed by atoms with Gasteiger partial charge in [0.05, 0.1) is 5.69 Å². The number of para-hydroxylation sites is 1. The third-order valence-corrected chi connectivity index (χ3v) is 16.2. The highest BCUT2D eigenvalue weighted by molar-refractivity contribution is 7.22. The van der Waals surface area contributed by atoms with Crippen LogP contribution in [0.1, 0.15) is 0 Å². The molecule has 2 nitrogen and oxygen atoms in total. The molecule has 1 aromatic heterocycles. The molecular weight excluding hydrogens is 659 g/mol. The van der Waals surface area contributed by atoms with E-state index in [-0.39, 0.29) is 0 Å². The van der Waals surface area contributed by atoms with Crippen molar-refractivity contribution in [1.82, 2.24) is 0 Å². The van der Waals surface area contributed by atoms with Crippen molar-refractivity contribution >= 4 is 89.4 Å². The third-order valence-electron chi connectivity index (χ3n) is 11.3. The zero-order valence-corrected chi connectivity index (χ0v) is 29.9. The molecule has 0 radical (unpaired) electrons. The van der Waals surface area contributed by atoms with E-state index < -0.39 is 8.07 Å². The normalized spacial score (nSPS) is 13.1. The number of fused-ring (bicyclic) bond motifs is 9. The average Bonchev–Trinajstić information content (AvgIpc) is 3.75. The zero-order valence-electron chi connectivity index (χ0n) is 28.9. The summed E-state index contributed by atoms with van der Waals surface area (Å²) in [5, 5.41) is 12.8. The van der Waals surface area contributed by atoms with Crippen LogP contribution in [0.15, 0.2) is 205 Å². The molecule has 0 N–H and O–H groups in total. The predicted molar refractivity (Wildman–Crippen MR) is 226 cm³/mol. The number of hydrogen-bond acceptors (Lipinski definition) is 2. The summed E-state index contributed by atoms with van der Waals surface area (Å²) >= 11 is 0. The van der Waals surface area contributed by atoms with Crippen molar-refractivity contribution in [3.05, 3.63) is 200 Å². The smallest absolute Gasteiger partial charge is 0.180 e. The quantitative estimate of drug-likeness (QED) is 0.132. The largest absolute Gasteiger partial charge is 0.456 e. The molecule has 0 saturated carbocycles. The second kappa shape index (κ2) is 11.7. The van der Waals surface area contributed by atoms with Crippen LogP contribution < -0.4 is 25.6 Å². The molecule has 10 aromatic rings. The lowest BCUT2D eigenvalue weighted by atomic mass is 9.98. The summed E-state index contributed by atoms with van der Waals surface area (Å²) in [5.74, 6) is 0. The Bertz CT molecular complexity index is 2980. The van der Waals surface area contributed by atoms with Crippen molar-refractivity contribution in [2.45, 2.75) is 0 Å². The van der Waals surface area contributed by atoms with Crippen LogP contribution in [0, 0.1) is 0 Å². The molecule has 248 valence electrons. The Hall–Kier alpha value is -6.68. The molecule has 1 aliphatic rings. The summed E-state index contributed by atoms with van der Waals surface area (Å²) in [5.41, 5.74) is 7.70. The average molecular weight is 692 g/mol. The Morgan fingerprint density at radius 2 is 0.925 bits per heavy atom. The predicted octanol–water partition coefficient (Wildman–Crippen LogP) is 10.7. The molecule has 0 saturated heterocycles. The van der Waals surface area contributed by atoms with Crippen LogP contribution in [0.5, 0.6) is 0 Å². The van der Waals surface area contributed by atoms with E-state index in [0.717, 1.165) is 39.0 Å². The van der Waals surface area contributed by atoms with E-state index in [1.807, 2.05) is 6.07 Å². The van der Waals surface area contributed by atoms with Gasteiger partial charge in [-0.15, -0.1) is 0 Å². The van der Waals surface area contributed by atoms with Crippen LogP contribution in [0.4, 0.5) is 17.1 Å². The second-order valence-corrected chi connectivity index (χ2v) is 17.8. The molecule has 0 bridgehead atoms. The molecule has 9 aromatic carbocycles. The number of rotatable bonds is 5. The summed E-state index contributed by atoms with van der Waals surface area (Å²) in [6.07, 6.45) is 0. The zero-order chi connectivity index (χ0) is 34.9. The van der Waals surface area contributed by atoms with E-state index in [9.17, 15) is 0 Å². The van der Waals surface area contributed by atoms with E-state index >= 15 is 0 Å². The minimum Gasteiger partial charge on any atom is -0.456 e. The van der Waals surface area contributed by atoms with Gasteiger partial charge in [-0.1, -0.05) is 158 Å². The van der Waals surface area contributed by atoms with Gasteiger partial charge in [0.15, 0.2) is 8.07 Å². The van der Waals surface area contributed by atoms with Crippen molar-refractivity contribution in [2.75, 3.05) is 4.90 Å². The van der Waals surface area contributed by atoms with Crippen LogP contribution in [-0.2, 0) is 0 Å². The van der Waals surface area contributed by atoms with Gasteiger partial charge < -0.3 is 9.32 Å². The van der Waals surface area contributed by atoms with E-state index in [0.29, 0.717) is 0 Å². The first-order chi connectivity index (χ1) is 26.3. The monoisotopic (exact) mass is 691 g/mol. The van der Waals surface area contributed by atoms with Crippen LogP contribution in [0.3, 0.4) is 0 Å². The second-order valence-electron chi connectivity index (χ2n) is 14.0. The van der Waals surface area contributed by atoms with Crippen LogP contribution >= 0.6 is 0 Å². The lowest BCUT2D eigenvalue weighted by Crippen LogP contribution is -2.72. The molecule has 0 aliphatic carbocycles. The van der Waals surface area contributed by atoms with Crippen molar-refractivity contribution in [2.24, 2.45) is 0 Å². The molecule has 11 rings (SSSR count). The standard InChI is InChI=1S/C50H33NOSi/c1-3-16-37(17-4-1)53(38-18-5-2-6-19-38)49-26-14-12-24-44(49)45-32-35(28-30-50(45)53)51(36-27-29-43-42-23-11-13-25-47(42)52-48(43)33-36)46-31-34-15-7-8-20-39(34)40-21-9-10-22-41(40)46/h1-33H. The van der Waals surface area contributed by atoms with Crippen molar-refractivity contribution in [3.63, 3.8) is 0 Å². The maximum Gasteiger partial charge on any atom is 0.180 e. The van der Waals surface area contributed by atoms with Gasteiger partial charge in [-0.2, -0.15) is 0 Å². The van der Waals surface area contributed by atoms with E-state index in [1.54, 1.807) is 0 Å². The molecule has 0 unspecified atom stereocenters. The van der Waals surface area contributed by atoms with E-state index in [4.69, 9.17) is 4.42 Å². The van der Waals surface area contributed by atoms with Crippen molar-refractivity contribution in [1.29, 1.82) is 0 Å². The first-order valence-electron chi connectivity index (χ1n) is 18.3. The van der Waals surface area contributed by atoms with E-state index in [1.165, 1.54) is 53.4 Å². The van der Waals surface area contributed by atoms with Gasteiger partial charge in [0, 0.05) is 33.6 Å². The van der Waals surface area contributed by atoms with E-state index in [2.05, 4.69) is 199 Å². The highest BCUT2D eigenvalue weighted by Gasteiger charge is 2.48. The van der Waals surface area contributed by atoms with Crippen LogP contribution in [0.2, 0.25) is 0 Å². The summed E-state index contributed by atoms with van der Waals surface area (Å²) in [7, 11) is -2.61. The van der Waals surface area contributed by atoms with Gasteiger partial charge in [0.2, 0.25) is 0 Å². The lowest BCUT2D eigenvalue weighted by Gasteiger charge is -2.32. The molecule has 1 aliphatic heterocycles. The molecule has 2 heterocycles. The SMILES string of the molecule is c1ccc([Si]2(c3ccccc3)c3ccccc3-c3cc(N(c4ccc5c(c4)oc4ccccc45)c4cc5ccccc5c5ccccc45)ccc32)cc1. The Labute approximate surface area is 308 Å². The molecule has 0 spiro atoms. The van der Waals surface area contributed by atoms with Gasteiger partial charge >= 0.3 is 0 Å². The van der Waals surface area contributed by atoms with Gasteiger partial charge in [0.25, 0.3) is 0 Å². The molecular formula is C50H33NOSi. The molecule has 0 amide bonds. The fourth-order valence-electron chi connectivity index (χ4n) is 9.08. The van der Waals surface area contributed by atoms with Crippen LogP contribution in [-0.4, -0.2) is 8.07 Å². The maximum absolute atomic E-state index is 6.50. The Kier molecular flexibility index (Phi) is 6.61. The van der Waals surface area contributed by atoms with Crippen molar-refractivity contribution < 1.29 is 4.42 Å². The minimum absolute atomic E-state index is 0.880. The van der Waals surface area contributed by atoms with Crippen molar-refractivity contribution in [3.8, 4) is 11.1 Å². The fraction of sp³-hybridized carbons (Fsp3) is 0. The minimum atomic E-state index is -2.61. The third kappa shape index (κ3) is 4.38. The number of benzene rings is 9. The number of nitrogens with zero attached hydrogens (tertiary/aromatic N) is 1. The first kappa shape index (κ1) is 30.0. The number of hydrogen-bond donors (Lipinski definition) is 0. The first-order valence-corrected chi connectivity index (χ1v) is 20.3. The lowest BCUT2D eigenvalue weighted by molar-refractivity contribution is 0.669. The maximum atomic E-state index is 6.50. The molecule has 0 fully saturated rings. The summed E-state index contributed by atoms with van der Waals surface area (Å²) in [6, 6.07) is 73.7. The molecule has 0 atom stereocenters. The Morgan fingerprint density at radius 1 is 0.358 bits per heavy atom. The Balaban J connectivity index is 1.21. The van der Waals surface area contributed by atoms with Gasteiger partial charge in [-0.25, -0.2) is 0 Å². The highest BCUT2D eigenvalue weighted by atomic mass is 28.3. The Morgan fingerprint density at radius 3 is 1.72 bits per heavy atom. The molecule has 3 heteroatoms.